The van der Waals surface area contributed by atoms with Crippen LogP contribution in [0.2, 0.25) is 0 Å². The number of rotatable bonds is 4. The number of hydrogen-bond donors (Lipinski definition) is 0. The second-order valence-electron chi connectivity index (χ2n) is 8.60. The first-order valence-electron chi connectivity index (χ1n) is 11.1. The summed E-state index contributed by atoms with van der Waals surface area (Å²) >= 11 is 0. The number of ether oxygens (including phenoxy) is 1. The molecule has 5 heteroatoms. The molecule has 0 bridgehead atoms. The molecule has 0 aromatic heterocycles. The van der Waals surface area contributed by atoms with Crippen LogP contribution in [0.4, 0.5) is 0 Å². The Balaban J connectivity index is 1.37. The van der Waals surface area contributed by atoms with Crippen molar-refractivity contribution in [3.63, 3.8) is 0 Å². The molecule has 2 atom stereocenters. The highest BCUT2D eigenvalue weighted by Gasteiger charge is 2.39. The highest BCUT2D eigenvalue weighted by molar-refractivity contribution is 5.94. The number of allylic oxidation sites excluding steroid dienone is 1. The molecule has 1 aliphatic carbocycles. The smallest absolute Gasteiger partial charge is 0.249 e. The van der Waals surface area contributed by atoms with E-state index in [-0.39, 0.29) is 11.8 Å². The monoisotopic (exact) mass is 396 g/mol. The minimum absolute atomic E-state index is 0.187. The summed E-state index contributed by atoms with van der Waals surface area (Å²) in [6.45, 7) is 2.40. The maximum atomic E-state index is 13.1. The molecule has 5 nitrogen and oxygen atoms in total. The third kappa shape index (κ3) is 4.49. The maximum absolute atomic E-state index is 13.1. The van der Waals surface area contributed by atoms with Crippen molar-refractivity contribution in [2.75, 3.05) is 26.7 Å². The fourth-order valence-corrected chi connectivity index (χ4v) is 5.13. The van der Waals surface area contributed by atoms with E-state index in [9.17, 15) is 9.59 Å². The van der Waals surface area contributed by atoms with Gasteiger partial charge in [-0.3, -0.25) is 9.59 Å². The molecule has 3 aliphatic rings. The molecule has 0 saturated carbocycles. The average molecular weight is 397 g/mol. The third-order valence-corrected chi connectivity index (χ3v) is 6.76. The van der Waals surface area contributed by atoms with E-state index in [0.717, 1.165) is 75.0 Å². The highest BCUT2D eigenvalue weighted by atomic mass is 16.5. The van der Waals surface area contributed by atoms with E-state index in [2.05, 4.69) is 11.0 Å². The van der Waals surface area contributed by atoms with Crippen LogP contribution in [-0.2, 0) is 16.0 Å². The molecule has 2 fully saturated rings. The Morgan fingerprint density at radius 3 is 2.62 bits per heavy atom. The number of benzene rings is 1. The zero-order valence-electron chi connectivity index (χ0n) is 17.4. The van der Waals surface area contributed by atoms with Crippen molar-refractivity contribution < 1.29 is 14.3 Å². The highest BCUT2D eigenvalue weighted by Crippen LogP contribution is 2.33. The summed E-state index contributed by atoms with van der Waals surface area (Å²) in [6, 6.07) is 8.02. The van der Waals surface area contributed by atoms with E-state index in [1.165, 1.54) is 6.42 Å². The van der Waals surface area contributed by atoms with Crippen molar-refractivity contribution in [1.29, 1.82) is 0 Å². The van der Waals surface area contributed by atoms with Gasteiger partial charge in [-0.1, -0.05) is 18.2 Å². The summed E-state index contributed by atoms with van der Waals surface area (Å²) in [7, 11) is 1.65. The van der Waals surface area contributed by atoms with Crippen LogP contribution in [0.5, 0.6) is 5.75 Å². The first-order valence-corrected chi connectivity index (χ1v) is 11.1. The van der Waals surface area contributed by atoms with Crippen LogP contribution in [-0.4, -0.2) is 54.4 Å². The molecule has 29 heavy (non-hydrogen) atoms. The van der Waals surface area contributed by atoms with Crippen molar-refractivity contribution >= 4 is 11.8 Å². The second kappa shape index (κ2) is 9.02. The van der Waals surface area contributed by atoms with Gasteiger partial charge in [-0.25, -0.2) is 0 Å². The molecule has 0 unspecified atom stereocenters. The summed E-state index contributed by atoms with van der Waals surface area (Å²) in [6.07, 6.45) is 9.94. The van der Waals surface area contributed by atoms with Crippen molar-refractivity contribution in [2.24, 2.45) is 5.92 Å². The predicted octanol–water partition coefficient (Wildman–Crippen LogP) is 3.58. The van der Waals surface area contributed by atoms with Crippen LogP contribution in [0.3, 0.4) is 0 Å². The molecular weight excluding hydrogens is 364 g/mol. The Kier molecular flexibility index (Phi) is 6.22. The number of hydrogen-bond acceptors (Lipinski definition) is 3. The zero-order valence-corrected chi connectivity index (χ0v) is 17.4. The topological polar surface area (TPSA) is 49.9 Å². The molecule has 4 rings (SSSR count). The zero-order chi connectivity index (χ0) is 20.2. The molecule has 0 spiro atoms. The normalized spacial score (nSPS) is 24.5. The minimum atomic E-state index is 0.187. The van der Waals surface area contributed by atoms with E-state index in [1.54, 1.807) is 7.11 Å². The summed E-state index contributed by atoms with van der Waals surface area (Å²) in [5, 5.41) is 0. The largest absolute Gasteiger partial charge is 0.497 e. The lowest BCUT2D eigenvalue weighted by atomic mass is 9.83. The molecule has 2 saturated heterocycles. The number of methoxy groups -OCH3 is 1. The molecule has 2 heterocycles. The Hall–Kier alpha value is -2.30. The number of carbonyl (C=O) groups excluding carboxylic acids is 2. The van der Waals surface area contributed by atoms with Crippen LogP contribution in [0.15, 0.2) is 35.9 Å². The van der Waals surface area contributed by atoms with Gasteiger partial charge in [0.25, 0.3) is 0 Å². The lowest BCUT2D eigenvalue weighted by Crippen LogP contribution is -2.57. The third-order valence-electron chi connectivity index (χ3n) is 6.76. The van der Waals surface area contributed by atoms with Crippen molar-refractivity contribution in [3.8, 4) is 5.75 Å². The van der Waals surface area contributed by atoms with Gasteiger partial charge in [-0.2, -0.15) is 0 Å². The summed E-state index contributed by atoms with van der Waals surface area (Å²) in [4.78, 5) is 30.1. The maximum Gasteiger partial charge on any atom is 0.249 e. The number of amides is 2. The van der Waals surface area contributed by atoms with Crippen LogP contribution >= 0.6 is 0 Å². The van der Waals surface area contributed by atoms with E-state index < -0.39 is 0 Å². The van der Waals surface area contributed by atoms with Gasteiger partial charge in [0.15, 0.2) is 0 Å². The van der Waals surface area contributed by atoms with Gasteiger partial charge in [0.05, 0.1) is 13.5 Å². The van der Waals surface area contributed by atoms with Gasteiger partial charge in [0.1, 0.15) is 5.75 Å². The number of fused-ring (bicyclic) bond motifs is 1. The molecule has 1 aromatic carbocycles. The summed E-state index contributed by atoms with van der Waals surface area (Å²) < 4.78 is 5.19. The second-order valence-corrected chi connectivity index (χ2v) is 8.60. The number of nitrogens with zero attached hydrogens (tertiary/aromatic N) is 2. The van der Waals surface area contributed by atoms with Crippen LogP contribution in [0, 0.1) is 5.92 Å². The average Bonchev–Trinajstić information content (AvgIpc) is 2.79. The van der Waals surface area contributed by atoms with E-state index in [1.807, 2.05) is 29.2 Å². The van der Waals surface area contributed by atoms with Crippen LogP contribution < -0.4 is 4.74 Å². The van der Waals surface area contributed by atoms with Crippen LogP contribution in [0.25, 0.3) is 0 Å². The number of likely N-dealkylation sites (tertiary alicyclic amines) is 2. The first-order chi connectivity index (χ1) is 14.2. The van der Waals surface area contributed by atoms with Gasteiger partial charge in [0, 0.05) is 31.2 Å². The van der Waals surface area contributed by atoms with E-state index in [4.69, 9.17) is 4.74 Å². The van der Waals surface area contributed by atoms with Gasteiger partial charge >= 0.3 is 0 Å². The molecule has 156 valence electrons. The Morgan fingerprint density at radius 2 is 1.90 bits per heavy atom. The van der Waals surface area contributed by atoms with Gasteiger partial charge < -0.3 is 14.5 Å². The Bertz CT molecular complexity index is 771. The van der Waals surface area contributed by atoms with Gasteiger partial charge in [-0.15, -0.1) is 0 Å². The van der Waals surface area contributed by atoms with Gasteiger partial charge in [-0.05, 0) is 68.6 Å². The molecule has 2 amide bonds. The molecule has 2 aliphatic heterocycles. The van der Waals surface area contributed by atoms with E-state index in [0.29, 0.717) is 18.4 Å². The summed E-state index contributed by atoms with van der Waals surface area (Å²) in [5.41, 5.74) is 2.04. The standard InChI is InChI=1S/C24H32N2O3/c1-29-21-11-9-18(10-12-21)16-23(27)25-15-13-22-20(17-25)8-5-14-26(22)24(28)19-6-3-2-4-7-19/h6,9-12,20,22H,2-5,7-8,13-17H2,1H3/t20-,22+/m1/s1. The minimum Gasteiger partial charge on any atom is -0.497 e. The Labute approximate surface area is 173 Å². The first kappa shape index (κ1) is 20.0. The van der Waals surface area contributed by atoms with Crippen molar-refractivity contribution in [2.45, 2.75) is 57.4 Å². The predicted molar refractivity (Wildman–Crippen MR) is 113 cm³/mol. The van der Waals surface area contributed by atoms with Gasteiger partial charge in [0.2, 0.25) is 11.8 Å². The van der Waals surface area contributed by atoms with Crippen molar-refractivity contribution in [1.82, 2.24) is 9.80 Å². The fourth-order valence-electron chi connectivity index (χ4n) is 5.13. The lowest BCUT2D eigenvalue weighted by molar-refractivity contribution is -0.139. The molecule has 0 radical (unpaired) electrons. The number of piperidine rings is 2. The molecular formula is C24H32N2O3. The van der Waals surface area contributed by atoms with Crippen molar-refractivity contribution in [3.05, 3.63) is 41.5 Å². The molecule has 0 N–H and O–H groups in total. The number of carbonyl (C=O) groups is 2. The quantitative estimate of drug-likeness (QED) is 0.782. The lowest BCUT2D eigenvalue weighted by Gasteiger charge is -2.47. The fraction of sp³-hybridized carbons (Fsp3) is 0.583. The summed E-state index contributed by atoms with van der Waals surface area (Å²) in [5.74, 6) is 1.66. The molecule has 1 aromatic rings. The van der Waals surface area contributed by atoms with E-state index >= 15 is 0 Å². The van der Waals surface area contributed by atoms with Crippen LogP contribution in [0.1, 0.15) is 50.5 Å². The Morgan fingerprint density at radius 1 is 1.07 bits per heavy atom. The SMILES string of the molecule is COc1ccc(CC(=O)N2CC[C@H]3[C@H](CCCN3C(=O)C3=CCCCC3)C2)cc1.